The monoisotopic (exact) mass is 306 g/mol. The fourth-order valence-corrected chi connectivity index (χ4v) is 2.66. The molecule has 0 aromatic heterocycles. The van der Waals surface area contributed by atoms with E-state index in [2.05, 4.69) is 5.32 Å². The van der Waals surface area contributed by atoms with Gasteiger partial charge < -0.3 is 5.32 Å². The van der Waals surface area contributed by atoms with Crippen LogP contribution in [-0.4, -0.2) is 17.2 Å². The van der Waals surface area contributed by atoms with Gasteiger partial charge in [0.1, 0.15) is 5.82 Å². The van der Waals surface area contributed by atoms with Gasteiger partial charge in [0.15, 0.2) is 0 Å². The van der Waals surface area contributed by atoms with Crippen molar-refractivity contribution in [2.24, 2.45) is 0 Å². The van der Waals surface area contributed by atoms with Crippen molar-refractivity contribution < 1.29 is 9.31 Å². The molecule has 0 radical (unpaired) electrons. The third-order valence-corrected chi connectivity index (χ3v) is 3.79. The molecule has 0 bridgehead atoms. The second-order valence-corrected chi connectivity index (χ2v) is 5.58. The number of nitrogens with one attached hydrogen (secondary N) is 1. The van der Waals surface area contributed by atoms with Crippen molar-refractivity contribution in [3.63, 3.8) is 0 Å². The average Bonchev–Trinajstić information content (AvgIpc) is 2.47. The van der Waals surface area contributed by atoms with Gasteiger partial charge in [-0.25, -0.2) is 4.39 Å². The minimum absolute atomic E-state index is 0.217. The summed E-state index contributed by atoms with van der Waals surface area (Å²) < 4.78 is 13.2. The van der Waals surface area contributed by atoms with Crippen LogP contribution in [0.5, 0.6) is 0 Å². The summed E-state index contributed by atoms with van der Waals surface area (Å²) in [6.45, 7) is 1.15. The molecule has 0 aliphatic heterocycles. The third kappa shape index (κ3) is 5.17. The Hall–Kier alpha value is -1.92. The van der Waals surface area contributed by atoms with Gasteiger partial charge in [0.25, 0.3) is 5.69 Å². The predicted molar refractivity (Wildman–Crippen MR) is 81.9 cm³/mol. The fraction of sp³-hybridized carbons (Fsp3) is 0.200. The number of non-ortho nitro benzene ring substituents is 1. The summed E-state index contributed by atoms with van der Waals surface area (Å²) >= 11 is 1.72. The molecule has 0 aliphatic rings. The summed E-state index contributed by atoms with van der Waals surface area (Å²) in [5.41, 5.74) is 0.358. The second-order valence-electron chi connectivity index (χ2n) is 4.41. The van der Waals surface area contributed by atoms with Gasteiger partial charge in [-0.05, 0) is 23.8 Å². The third-order valence-electron chi connectivity index (χ3n) is 2.77. The van der Waals surface area contributed by atoms with E-state index in [1.54, 1.807) is 11.8 Å². The smallest absolute Gasteiger partial charge is 0.272 e. The molecule has 0 spiro atoms. The number of nitro benzene ring substituents is 1. The molecule has 2 rings (SSSR count). The van der Waals surface area contributed by atoms with Crippen LogP contribution in [0, 0.1) is 15.9 Å². The van der Waals surface area contributed by atoms with Crippen LogP contribution in [0.4, 0.5) is 10.1 Å². The van der Waals surface area contributed by atoms with E-state index >= 15 is 0 Å². The molecule has 21 heavy (non-hydrogen) atoms. The second kappa shape index (κ2) is 7.75. The highest BCUT2D eigenvalue weighted by atomic mass is 32.2. The van der Waals surface area contributed by atoms with Crippen molar-refractivity contribution in [1.82, 2.24) is 5.32 Å². The highest BCUT2D eigenvalue weighted by Crippen LogP contribution is 2.17. The molecule has 1 N–H and O–H groups in total. The van der Waals surface area contributed by atoms with Crippen LogP contribution in [0.3, 0.4) is 0 Å². The van der Waals surface area contributed by atoms with Crippen molar-refractivity contribution in [2.45, 2.75) is 11.4 Å². The number of rotatable bonds is 7. The van der Waals surface area contributed by atoms with Gasteiger partial charge in [-0.15, -0.1) is 11.8 Å². The number of benzene rings is 2. The standard InChI is InChI=1S/C15H15FN2O2S/c16-13-8-12(9-14(10-13)18(19)20)11-17-6-7-21-15-4-2-1-3-5-15/h1-5,8-10,17H,6-7,11H2. The van der Waals surface area contributed by atoms with Crippen LogP contribution in [0.2, 0.25) is 0 Å². The SMILES string of the molecule is O=[N+]([O-])c1cc(F)cc(CNCCSc2ccccc2)c1. The van der Waals surface area contributed by atoms with Gasteiger partial charge in [-0.2, -0.15) is 0 Å². The van der Waals surface area contributed by atoms with Gasteiger partial charge in [0.2, 0.25) is 0 Å². The van der Waals surface area contributed by atoms with E-state index in [1.165, 1.54) is 17.0 Å². The number of nitrogens with zero attached hydrogens (tertiary/aromatic N) is 1. The first-order valence-corrected chi connectivity index (χ1v) is 7.46. The minimum Gasteiger partial charge on any atom is -0.312 e. The Kier molecular flexibility index (Phi) is 5.71. The molecule has 0 aliphatic carbocycles. The lowest BCUT2D eigenvalue weighted by Gasteiger charge is -2.05. The Balaban J connectivity index is 1.77. The van der Waals surface area contributed by atoms with E-state index in [0.29, 0.717) is 12.1 Å². The number of nitro groups is 1. The van der Waals surface area contributed by atoms with Crippen molar-refractivity contribution in [2.75, 3.05) is 12.3 Å². The molecule has 0 heterocycles. The van der Waals surface area contributed by atoms with Crippen LogP contribution in [0.25, 0.3) is 0 Å². The van der Waals surface area contributed by atoms with Gasteiger partial charge in [0, 0.05) is 29.8 Å². The highest BCUT2D eigenvalue weighted by Gasteiger charge is 2.09. The zero-order chi connectivity index (χ0) is 15.1. The predicted octanol–water partition coefficient (Wildman–Crippen LogP) is 3.62. The van der Waals surface area contributed by atoms with E-state index in [1.807, 2.05) is 30.3 Å². The Morgan fingerprint density at radius 2 is 1.95 bits per heavy atom. The molecule has 0 saturated heterocycles. The van der Waals surface area contributed by atoms with Crippen LogP contribution >= 0.6 is 11.8 Å². The summed E-state index contributed by atoms with van der Waals surface area (Å²) in [6, 6.07) is 13.7. The van der Waals surface area contributed by atoms with E-state index in [-0.39, 0.29) is 5.69 Å². The normalized spacial score (nSPS) is 10.5. The molecule has 0 atom stereocenters. The lowest BCUT2D eigenvalue weighted by molar-refractivity contribution is -0.385. The summed E-state index contributed by atoms with van der Waals surface area (Å²) in [4.78, 5) is 11.3. The lowest BCUT2D eigenvalue weighted by Crippen LogP contribution is -2.16. The van der Waals surface area contributed by atoms with E-state index < -0.39 is 10.7 Å². The largest absolute Gasteiger partial charge is 0.312 e. The molecule has 0 amide bonds. The first-order valence-electron chi connectivity index (χ1n) is 6.47. The minimum atomic E-state index is -0.585. The summed E-state index contributed by atoms with van der Waals surface area (Å²) in [5.74, 6) is 0.293. The van der Waals surface area contributed by atoms with Crippen LogP contribution < -0.4 is 5.32 Å². The molecule has 0 saturated carbocycles. The molecule has 6 heteroatoms. The Morgan fingerprint density at radius 3 is 2.67 bits per heavy atom. The van der Waals surface area contributed by atoms with Gasteiger partial charge in [0.05, 0.1) is 11.0 Å². The quantitative estimate of drug-likeness (QED) is 0.367. The molecule has 110 valence electrons. The molecule has 2 aromatic carbocycles. The van der Waals surface area contributed by atoms with Gasteiger partial charge in [-0.1, -0.05) is 18.2 Å². The maximum atomic E-state index is 13.2. The molecule has 4 nitrogen and oxygen atoms in total. The van der Waals surface area contributed by atoms with Crippen LogP contribution in [0.1, 0.15) is 5.56 Å². The van der Waals surface area contributed by atoms with Crippen LogP contribution in [0.15, 0.2) is 53.4 Å². The zero-order valence-electron chi connectivity index (χ0n) is 11.3. The van der Waals surface area contributed by atoms with Crippen molar-refractivity contribution in [3.05, 3.63) is 70.0 Å². The fourth-order valence-electron chi connectivity index (χ4n) is 1.83. The van der Waals surface area contributed by atoms with Crippen molar-refractivity contribution in [1.29, 1.82) is 0 Å². The average molecular weight is 306 g/mol. The topological polar surface area (TPSA) is 55.2 Å². The van der Waals surface area contributed by atoms with E-state index in [4.69, 9.17) is 0 Å². The lowest BCUT2D eigenvalue weighted by atomic mass is 10.2. The zero-order valence-corrected chi connectivity index (χ0v) is 12.1. The van der Waals surface area contributed by atoms with Gasteiger partial charge in [-0.3, -0.25) is 10.1 Å². The van der Waals surface area contributed by atoms with Crippen molar-refractivity contribution in [3.8, 4) is 0 Å². The molecule has 2 aromatic rings. The first kappa shape index (κ1) is 15.5. The van der Waals surface area contributed by atoms with Crippen LogP contribution in [-0.2, 0) is 6.54 Å². The summed E-state index contributed by atoms with van der Waals surface area (Å²) in [6.07, 6.45) is 0. The number of hydrogen-bond donors (Lipinski definition) is 1. The molecule has 0 fully saturated rings. The van der Waals surface area contributed by atoms with E-state index in [0.717, 1.165) is 18.4 Å². The molecular weight excluding hydrogens is 291 g/mol. The Labute approximate surface area is 126 Å². The summed E-state index contributed by atoms with van der Waals surface area (Å²) in [5, 5.41) is 13.8. The first-order chi connectivity index (χ1) is 10.1. The summed E-state index contributed by atoms with van der Waals surface area (Å²) in [7, 11) is 0. The number of thioether (sulfide) groups is 1. The van der Waals surface area contributed by atoms with Crippen molar-refractivity contribution >= 4 is 17.4 Å². The number of hydrogen-bond acceptors (Lipinski definition) is 4. The maximum Gasteiger partial charge on any atom is 0.272 e. The molecular formula is C15H15FN2O2S. The Morgan fingerprint density at radius 1 is 1.19 bits per heavy atom. The Bertz CT molecular complexity index is 608. The van der Waals surface area contributed by atoms with Gasteiger partial charge >= 0.3 is 0 Å². The molecule has 0 unspecified atom stereocenters. The van der Waals surface area contributed by atoms with E-state index in [9.17, 15) is 14.5 Å². The highest BCUT2D eigenvalue weighted by molar-refractivity contribution is 7.99. The number of halogens is 1. The maximum absolute atomic E-state index is 13.2.